The smallest absolute Gasteiger partial charge is 0.0633 e. The van der Waals surface area contributed by atoms with E-state index in [-0.39, 0.29) is 0 Å². The van der Waals surface area contributed by atoms with E-state index in [0.717, 1.165) is 6.54 Å². The van der Waals surface area contributed by atoms with Crippen molar-refractivity contribution in [3.63, 3.8) is 0 Å². The summed E-state index contributed by atoms with van der Waals surface area (Å²) < 4.78 is 20.4. The first-order valence-electron chi connectivity index (χ1n) is 5.87. The highest BCUT2D eigenvalue weighted by Crippen LogP contribution is 2.54. The number of allylic oxidation sites excluding steroid dienone is 3. The Morgan fingerprint density at radius 2 is 1.89 bits per heavy atom. The van der Waals surface area contributed by atoms with Crippen molar-refractivity contribution >= 4 is 10.6 Å². The summed E-state index contributed by atoms with van der Waals surface area (Å²) in [5, 5.41) is 0. The molecule has 0 fully saturated rings. The molecule has 0 atom stereocenters. The van der Waals surface area contributed by atoms with Crippen LogP contribution in [-0.2, 0) is 0 Å². The van der Waals surface area contributed by atoms with Crippen LogP contribution in [0.2, 0.25) is 0 Å². The van der Waals surface area contributed by atoms with Crippen LogP contribution in [0.1, 0.15) is 13.8 Å². The van der Waals surface area contributed by atoms with Crippen LogP contribution in [0.3, 0.4) is 0 Å². The Morgan fingerprint density at radius 3 is 2.44 bits per heavy atom. The zero-order chi connectivity index (χ0) is 13.6. The van der Waals surface area contributed by atoms with Crippen LogP contribution >= 0.6 is 10.6 Å². The summed E-state index contributed by atoms with van der Waals surface area (Å²) in [6.45, 7) is 4.70. The Bertz CT molecular complexity index is 427. The van der Waals surface area contributed by atoms with E-state index in [1.54, 1.807) is 37.3 Å². The van der Waals surface area contributed by atoms with Gasteiger partial charge in [-0.1, -0.05) is 18.2 Å². The van der Waals surface area contributed by atoms with Gasteiger partial charge in [0.2, 0.25) is 0 Å². The van der Waals surface area contributed by atoms with Gasteiger partial charge in [0.1, 0.15) is 0 Å². The van der Waals surface area contributed by atoms with Gasteiger partial charge in [-0.15, -0.1) is 10.6 Å². The molecule has 0 aliphatic carbocycles. The van der Waals surface area contributed by atoms with Crippen molar-refractivity contribution in [2.75, 3.05) is 13.6 Å². The fourth-order valence-corrected chi connectivity index (χ4v) is 2.50. The van der Waals surface area contributed by atoms with Crippen molar-refractivity contribution in [3.05, 3.63) is 53.6 Å². The fraction of sp³-hybridized carbons (Fsp3) is 0.286. The lowest BCUT2D eigenvalue weighted by atomic mass is 10.4. The van der Waals surface area contributed by atoms with Crippen LogP contribution in [0.4, 0.5) is 0 Å². The van der Waals surface area contributed by atoms with Gasteiger partial charge >= 0.3 is 0 Å². The standard InChI is InChI=1S/C14H21NO2S/c1-4-15(3)12-8-9-13(2)18(16,17)14-10-6-5-7-11-14/h5-12,16-17H,4H2,1-3H3. The lowest BCUT2D eigenvalue weighted by Crippen LogP contribution is -2.08. The average molecular weight is 267 g/mol. The van der Waals surface area contributed by atoms with Gasteiger partial charge in [0.05, 0.1) is 4.90 Å². The number of rotatable bonds is 5. The molecule has 1 aromatic carbocycles. The van der Waals surface area contributed by atoms with Crippen LogP contribution in [-0.4, -0.2) is 27.6 Å². The third-order valence-corrected chi connectivity index (χ3v) is 4.65. The second kappa shape index (κ2) is 6.64. The molecule has 0 heterocycles. The largest absolute Gasteiger partial charge is 0.381 e. The van der Waals surface area contributed by atoms with Crippen molar-refractivity contribution in [2.24, 2.45) is 0 Å². The molecule has 4 heteroatoms. The molecule has 0 amide bonds. The maximum absolute atomic E-state index is 10.2. The summed E-state index contributed by atoms with van der Waals surface area (Å²) in [4.78, 5) is 3.13. The predicted molar refractivity (Wildman–Crippen MR) is 78.8 cm³/mol. The fourth-order valence-electron chi connectivity index (χ4n) is 1.32. The van der Waals surface area contributed by atoms with E-state index < -0.39 is 10.6 Å². The normalized spacial score (nSPS) is 13.9. The summed E-state index contributed by atoms with van der Waals surface area (Å²) in [5.74, 6) is 0. The predicted octanol–water partition coefficient (Wildman–Crippen LogP) is 4.17. The van der Waals surface area contributed by atoms with Crippen LogP contribution in [0.15, 0.2) is 58.5 Å². The van der Waals surface area contributed by atoms with Crippen molar-refractivity contribution < 1.29 is 9.11 Å². The summed E-state index contributed by atoms with van der Waals surface area (Å²) in [5.41, 5.74) is 0. The molecule has 2 N–H and O–H groups in total. The van der Waals surface area contributed by atoms with Crippen LogP contribution in [0, 0.1) is 0 Å². The number of benzene rings is 1. The van der Waals surface area contributed by atoms with Gasteiger partial charge in [-0.2, -0.15) is 0 Å². The van der Waals surface area contributed by atoms with E-state index in [9.17, 15) is 9.11 Å². The molecular formula is C14H21NO2S. The SMILES string of the molecule is CCN(C)C=CC=C(C)S(O)(O)c1ccccc1. The maximum atomic E-state index is 10.2. The van der Waals surface area contributed by atoms with E-state index >= 15 is 0 Å². The molecule has 0 spiro atoms. The molecule has 0 aliphatic rings. The molecule has 0 aliphatic heterocycles. The lowest BCUT2D eigenvalue weighted by molar-refractivity contribution is 0.484. The number of nitrogens with zero attached hydrogens (tertiary/aromatic N) is 1. The van der Waals surface area contributed by atoms with E-state index in [4.69, 9.17) is 0 Å². The van der Waals surface area contributed by atoms with Gasteiger partial charge < -0.3 is 4.90 Å². The first-order chi connectivity index (χ1) is 8.48. The Morgan fingerprint density at radius 1 is 1.28 bits per heavy atom. The van der Waals surface area contributed by atoms with Crippen molar-refractivity contribution in [2.45, 2.75) is 18.7 Å². The molecule has 100 valence electrons. The third-order valence-electron chi connectivity index (χ3n) is 2.69. The molecule has 0 radical (unpaired) electrons. The minimum Gasteiger partial charge on any atom is -0.381 e. The molecule has 3 nitrogen and oxygen atoms in total. The Balaban J connectivity index is 2.85. The molecule has 0 saturated carbocycles. The Kier molecular flexibility index (Phi) is 5.47. The second-order valence-electron chi connectivity index (χ2n) is 4.05. The topological polar surface area (TPSA) is 43.7 Å². The van der Waals surface area contributed by atoms with E-state index in [2.05, 4.69) is 6.92 Å². The summed E-state index contributed by atoms with van der Waals surface area (Å²) >= 11 is 0. The van der Waals surface area contributed by atoms with Gasteiger partial charge in [-0.25, -0.2) is 0 Å². The third kappa shape index (κ3) is 3.91. The minimum atomic E-state index is -2.85. The highest BCUT2D eigenvalue weighted by Gasteiger charge is 2.16. The summed E-state index contributed by atoms with van der Waals surface area (Å²) in [6, 6.07) is 8.92. The monoisotopic (exact) mass is 267 g/mol. The molecule has 0 bridgehead atoms. The summed E-state index contributed by atoms with van der Waals surface area (Å²) in [6.07, 6.45) is 5.48. The zero-order valence-corrected chi connectivity index (χ0v) is 11.9. The van der Waals surface area contributed by atoms with Gasteiger partial charge in [-0.3, -0.25) is 9.11 Å². The highest BCUT2D eigenvalue weighted by atomic mass is 32.3. The van der Waals surface area contributed by atoms with Crippen LogP contribution in [0.25, 0.3) is 0 Å². The van der Waals surface area contributed by atoms with Crippen molar-refractivity contribution in [3.8, 4) is 0 Å². The Labute approximate surface area is 111 Å². The van der Waals surface area contributed by atoms with Crippen LogP contribution in [0.5, 0.6) is 0 Å². The Hall–Kier alpha value is -1.23. The van der Waals surface area contributed by atoms with Crippen molar-refractivity contribution in [1.29, 1.82) is 0 Å². The van der Waals surface area contributed by atoms with Crippen molar-refractivity contribution in [1.82, 2.24) is 4.90 Å². The molecule has 1 rings (SSSR count). The molecule has 0 saturated heterocycles. The first kappa shape index (κ1) is 14.8. The van der Waals surface area contributed by atoms with E-state index in [1.165, 1.54) is 0 Å². The lowest BCUT2D eigenvalue weighted by Gasteiger charge is -2.33. The van der Waals surface area contributed by atoms with E-state index in [1.807, 2.05) is 30.3 Å². The quantitative estimate of drug-likeness (QED) is 0.787. The molecular weight excluding hydrogens is 246 g/mol. The highest BCUT2D eigenvalue weighted by molar-refractivity contribution is 8.27. The maximum Gasteiger partial charge on any atom is 0.0633 e. The first-order valence-corrected chi connectivity index (χ1v) is 7.41. The van der Waals surface area contributed by atoms with E-state index in [0.29, 0.717) is 9.80 Å². The van der Waals surface area contributed by atoms with Gasteiger partial charge in [0.15, 0.2) is 0 Å². The average Bonchev–Trinajstić information content (AvgIpc) is 2.39. The van der Waals surface area contributed by atoms with Crippen LogP contribution < -0.4 is 0 Å². The van der Waals surface area contributed by atoms with Gasteiger partial charge in [0.25, 0.3) is 0 Å². The van der Waals surface area contributed by atoms with Gasteiger partial charge in [-0.05, 0) is 44.3 Å². The number of hydrogen-bond acceptors (Lipinski definition) is 3. The molecule has 0 aromatic heterocycles. The van der Waals surface area contributed by atoms with Gasteiger partial charge in [0, 0.05) is 18.5 Å². The summed E-state index contributed by atoms with van der Waals surface area (Å²) in [7, 11) is -0.885. The molecule has 0 unspecified atom stereocenters. The number of hydrogen-bond donors (Lipinski definition) is 2. The molecule has 1 aromatic rings. The zero-order valence-electron chi connectivity index (χ0n) is 11.1. The second-order valence-corrected chi connectivity index (χ2v) is 6.27. The molecule has 18 heavy (non-hydrogen) atoms. The minimum absolute atomic E-state index is 0.552.